The van der Waals surface area contributed by atoms with Gasteiger partial charge in [0.2, 0.25) is 5.76 Å². The summed E-state index contributed by atoms with van der Waals surface area (Å²) in [6.07, 6.45) is 0. The van der Waals surface area contributed by atoms with Crippen LogP contribution in [0.2, 0.25) is 0 Å². The zero-order chi connectivity index (χ0) is 27.0. The molecule has 1 aliphatic rings. The largest absolute Gasteiger partial charge is 0.490 e. The average molecular weight is 535 g/mol. The van der Waals surface area contributed by atoms with Crippen LogP contribution in [0.15, 0.2) is 51.7 Å². The number of amides is 1. The summed E-state index contributed by atoms with van der Waals surface area (Å²) in [7, 11) is 0. The molecule has 1 atom stereocenters. The molecule has 3 heterocycles. The van der Waals surface area contributed by atoms with Gasteiger partial charge in [-0.1, -0.05) is 29.5 Å². The fourth-order valence-electron chi connectivity index (χ4n) is 4.54. The number of hydrogen-bond donors (Lipinski definition) is 0. The fourth-order valence-corrected chi connectivity index (χ4v) is 5.53. The van der Waals surface area contributed by atoms with Gasteiger partial charge >= 0.3 is 5.97 Å². The van der Waals surface area contributed by atoms with Gasteiger partial charge < -0.3 is 18.6 Å². The zero-order valence-corrected chi connectivity index (χ0v) is 22.2. The number of esters is 1. The first-order valence-electron chi connectivity index (χ1n) is 12.3. The van der Waals surface area contributed by atoms with Crippen molar-refractivity contribution >= 4 is 39.3 Å². The Kier molecular flexibility index (Phi) is 6.90. The lowest BCUT2D eigenvalue weighted by Crippen LogP contribution is -2.29. The molecule has 0 fully saturated rings. The molecule has 9 nitrogen and oxygen atoms in total. The average Bonchev–Trinajstić information content (AvgIpc) is 3.43. The van der Waals surface area contributed by atoms with Crippen molar-refractivity contribution in [3.05, 3.63) is 80.1 Å². The number of hydrogen-bond acceptors (Lipinski definition) is 9. The summed E-state index contributed by atoms with van der Waals surface area (Å²) in [5.74, 6) is -0.0659. The van der Waals surface area contributed by atoms with Crippen molar-refractivity contribution in [2.45, 2.75) is 33.7 Å². The number of aryl methyl sites for hydroxylation is 1. The van der Waals surface area contributed by atoms with Crippen LogP contribution < -0.4 is 19.8 Å². The smallest absolute Gasteiger partial charge is 0.350 e. The SMILES string of the molecule is CCOC(=O)c1sc(N2C(=O)c3oc4ccccc4c(=O)c3[C@H]2c2ccc(OCC)c(OCC)c2)nc1C. The molecule has 0 unspecified atom stereocenters. The number of benzene rings is 2. The number of fused-ring (bicyclic) bond motifs is 2. The molecule has 1 aliphatic heterocycles. The van der Waals surface area contributed by atoms with Gasteiger partial charge in [-0.25, -0.2) is 9.78 Å². The Labute approximate surface area is 222 Å². The first-order chi connectivity index (χ1) is 18.4. The molecule has 0 saturated carbocycles. The van der Waals surface area contributed by atoms with Crippen LogP contribution in [0.1, 0.15) is 63.9 Å². The van der Waals surface area contributed by atoms with E-state index >= 15 is 0 Å². The molecule has 10 heteroatoms. The maximum Gasteiger partial charge on any atom is 0.350 e. The molecule has 0 N–H and O–H groups in total. The van der Waals surface area contributed by atoms with Crippen molar-refractivity contribution in [2.24, 2.45) is 0 Å². The number of aromatic nitrogens is 1. The van der Waals surface area contributed by atoms with Gasteiger partial charge in [0, 0.05) is 0 Å². The number of anilines is 1. The third kappa shape index (κ3) is 4.20. The van der Waals surface area contributed by atoms with Gasteiger partial charge in [-0.3, -0.25) is 14.5 Å². The van der Waals surface area contributed by atoms with E-state index in [-0.39, 0.29) is 33.4 Å². The van der Waals surface area contributed by atoms with E-state index in [1.54, 1.807) is 56.3 Å². The first-order valence-corrected chi connectivity index (χ1v) is 13.1. The van der Waals surface area contributed by atoms with Crippen LogP contribution in [0.4, 0.5) is 5.13 Å². The number of rotatable bonds is 8. The Bertz CT molecular complexity index is 1610. The second-order valence-corrected chi connectivity index (χ2v) is 9.43. The number of carbonyl (C=O) groups is 2. The van der Waals surface area contributed by atoms with Crippen LogP contribution in [-0.2, 0) is 4.74 Å². The highest BCUT2D eigenvalue weighted by Gasteiger charge is 2.45. The van der Waals surface area contributed by atoms with Crippen molar-refractivity contribution in [1.82, 2.24) is 4.98 Å². The minimum atomic E-state index is -0.867. The third-order valence-corrected chi connectivity index (χ3v) is 7.25. The number of para-hydroxylation sites is 1. The quantitative estimate of drug-likeness (QED) is 0.281. The molecule has 0 radical (unpaired) electrons. The van der Waals surface area contributed by atoms with Crippen LogP contribution in [0.3, 0.4) is 0 Å². The molecule has 0 aliphatic carbocycles. The van der Waals surface area contributed by atoms with Crippen molar-refractivity contribution in [1.29, 1.82) is 0 Å². The van der Waals surface area contributed by atoms with Gasteiger partial charge in [-0.2, -0.15) is 0 Å². The fraction of sp³-hybridized carbons (Fsp3) is 0.286. The van der Waals surface area contributed by atoms with Crippen molar-refractivity contribution in [3.8, 4) is 11.5 Å². The summed E-state index contributed by atoms with van der Waals surface area (Å²) < 4.78 is 22.7. The summed E-state index contributed by atoms with van der Waals surface area (Å²) in [6, 6.07) is 11.2. The van der Waals surface area contributed by atoms with Crippen LogP contribution in [0.5, 0.6) is 11.5 Å². The summed E-state index contributed by atoms with van der Waals surface area (Å²) in [5.41, 5.74) is 1.24. The van der Waals surface area contributed by atoms with E-state index in [1.807, 2.05) is 13.8 Å². The van der Waals surface area contributed by atoms with E-state index in [0.717, 1.165) is 11.3 Å². The van der Waals surface area contributed by atoms with Gasteiger partial charge in [0.1, 0.15) is 10.5 Å². The molecule has 2 aromatic heterocycles. The minimum absolute atomic E-state index is 0.0592. The van der Waals surface area contributed by atoms with Crippen molar-refractivity contribution in [2.75, 3.05) is 24.7 Å². The molecular formula is C28H26N2O7S. The lowest BCUT2D eigenvalue weighted by Gasteiger charge is -2.23. The molecular weight excluding hydrogens is 508 g/mol. The first kappa shape index (κ1) is 25.5. The molecule has 38 heavy (non-hydrogen) atoms. The summed E-state index contributed by atoms with van der Waals surface area (Å²) in [6.45, 7) is 8.18. The highest BCUT2D eigenvalue weighted by atomic mass is 32.1. The third-order valence-electron chi connectivity index (χ3n) is 6.11. The highest BCUT2D eigenvalue weighted by molar-refractivity contribution is 7.17. The topological polar surface area (TPSA) is 108 Å². The Morgan fingerprint density at radius 1 is 1.03 bits per heavy atom. The summed E-state index contributed by atoms with van der Waals surface area (Å²) in [4.78, 5) is 46.4. The van der Waals surface area contributed by atoms with Crippen LogP contribution in [0.25, 0.3) is 11.0 Å². The van der Waals surface area contributed by atoms with Crippen LogP contribution >= 0.6 is 11.3 Å². The Balaban J connectivity index is 1.74. The van der Waals surface area contributed by atoms with Crippen LogP contribution in [-0.4, -0.2) is 36.7 Å². The monoisotopic (exact) mass is 534 g/mol. The molecule has 0 spiro atoms. The molecule has 4 aromatic rings. The molecule has 5 rings (SSSR count). The standard InChI is InChI=1S/C28H26N2O7S/c1-5-34-19-13-12-16(14-20(19)35-6-2)22-21-23(31)17-10-8-9-11-18(17)37-24(21)26(32)30(22)28-29-15(4)25(38-28)27(33)36-7-3/h8-14,22H,5-7H2,1-4H3/t22-/m1/s1. The molecule has 196 valence electrons. The van der Waals surface area contributed by atoms with Gasteiger partial charge in [0.15, 0.2) is 22.1 Å². The summed E-state index contributed by atoms with van der Waals surface area (Å²) in [5, 5.41) is 0.617. The maximum atomic E-state index is 13.9. The van der Waals surface area contributed by atoms with Gasteiger partial charge in [-0.15, -0.1) is 0 Å². The predicted molar refractivity (Wildman–Crippen MR) is 143 cm³/mol. The lowest BCUT2D eigenvalue weighted by molar-refractivity contribution is 0.0531. The number of thiazole rings is 1. The van der Waals surface area contributed by atoms with E-state index in [9.17, 15) is 14.4 Å². The Morgan fingerprint density at radius 2 is 1.76 bits per heavy atom. The van der Waals surface area contributed by atoms with E-state index in [4.69, 9.17) is 18.6 Å². The number of ether oxygens (including phenoxy) is 3. The molecule has 2 aromatic carbocycles. The molecule has 0 saturated heterocycles. The molecule has 1 amide bonds. The van der Waals surface area contributed by atoms with Crippen molar-refractivity contribution < 1.29 is 28.2 Å². The zero-order valence-electron chi connectivity index (χ0n) is 21.4. The second-order valence-electron chi connectivity index (χ2n) is 8.45. The van der Waals surface area contributed by atoms with Gasteiger partial charge in [0.25, 0.3) is 5.91 Å². The molecule has 0 bridgehead atoms. The van der Waals surface area contributed by atoms with Crippen LogP contribution in [0, 0.1) is 6.92 Å². The normalized spacial score (nSPS) is 14.6. The van der Waals surface area contributed by atoms with Gasteiger partial charge in [0.05, 0.1) is 42.5 Å². The van der Waals surface area contributed by atoms with Gasteiger partial charge in [-0.05, 0) is 57.5 Å². The maximum absolute atomic E-state index is 13.9. The second kappa shape index (κ2) is 10.3. The Morgan fingerprint density at radius 3 is 2.50 bits per heavy atom. The van der Waals surface area contributed by atoms with E-state index in [1.165, 1.54) is 4.90 Å². The number of nitrogens with zero attached hydrogens (tertiary/aromatic N) is 2. The van der Waals surface area contributed by atoms with E-state index in [0.29, 0.717) is 46.9 Å². The summed E-state index contributed by atoms with van der Waals surface area (Å²) >= 11 is 1.03. The van der Waals surface area contributed by atoms with E-state index in [2.05, 4.69) is 4.98 Å². The van der Waals surface area contributed by atoms with Crippen molar-refractivity contribution in [3.63, 3.8) is 0 Å². The lowest BCUT2D eigenvalue weighted by atomic mass is 9.98. The Hall–Kier alpha value is -4.18. The highest BCUT2D eigenvalue weighted by Crippen LogP contribution is 2.44. The predicted octanol–water partition coefficient (Wildman–Crippen LogP) is 5.28. The van der Waals surface area contributed by atoms with E-state index < -0.39 is 17.9 Å². The minimum Gasteiger partial charge on any atom is -0.490 e. The number of carbonyl (C=O) groups excluding carboxylic acids is 2.